The third kappa shape index (κ3) is 5.47. The van der Waals surface area contributed by atoms with E-state index in [-0.39, 0.29) is 23.7 Å². The number of aryl methyl sites for hydroxylation is 1. The fourth-order valence-electron chi connectivity index (χ4n) is 3.26. The zero-order valence-electron chi connectivity index (χ0n) is 18.2. The van der Waals surface area contributed by atoms with Gasteiger partial charge in [-0.3, -0.25) is 4.79 Å². The topological polar surface area (TPSA) is 102 Å². The molecule has 3 aromatic rings. The minimum absolute atomic E-state index is 0.122. The minimum Gasteiger partial charge on any atom is -0.508 e. The molecule has 3 rings (SSSR count). The maximum absolute atomic E-state index is 12.7. The molecule has 0 saturated heterocycles. The number of phenolic OH excluding ortho intramolecular Hbond substituents is 1. The van der Waals surface area contributed by atoms with Crippen LogP contribution in [0, 0.1) is 13.8 Å². The summed E-state index contributed by atoms with van der Waals surface area (Å²) in [5.41, 5.74) is 3.30. The van der Waals surface area contributed by atoms with Gasteiger partial charge in [-0.1, -0.05) is 12.1 Å². The molecular formula is C24H25N3O5. The summed E-state index contributed by atoms with van der Waals surface area (Å²) in [5.74, 6) is -0.817. The summed E-state index contributed by atoms with van der Waals surface area (Å²) >= 11 is 0. The number of nitrogens with zero attached hydrogens (tertiary/aromatic N) is 3. The normalized spacial score (nSPS) is 11.1. The molecule has 0 aliphatic heterocycles. The van der Waals surface area contributed by atoms with Gasteiger partial charge >= 0.3 is 5.97 Å². The number of Topliss-reactive ketones (excluding diaryl/α,β-unsaturated/α-hetero) is 1. The Morgan fingerprint density at radius 3 is 2.44 bits per heavy atom. The van der Waals surface area contributed by atoms with E-state index in [9.17, 15) is 14.7 Å². The maximum atomic E-state index is 12.7. The summed E-state index contributed by atoms with van der Waals surface area (Å²) in [7, 11) is 1.63. The Morgan fingerprint density at radius 1 is 1.00 bits per heavy atom. The van der Waals surface area contributed by atoms with Crippen molar-refractivity contribution >= 4 is 23.1 Å². The molecule has 1 heterocycles. The molecule has 32 heavy (non-hydrogen) atoms. The van der Waals surface area contributed by atoms with Gasteiger partial charge in [0.05, 0.1) is 17.9 Å². The molecule has 0 aliphatic carbocycles. The van der Waals surface area contributed by atoms with Crippen LogP contribution in [0.15, 0.2) is 64.8 Å². The van der Waals surface area contributed by atoms with Gasteiger partial charge < -0.3 is 19.1 Å². The Balaban J connectivity index is 1.69. The summed E-state index contributed by atoms with van der Waals surface area (Å²) in [6.07, 6.45) is 0. The van der Waals surface area contributed by atoms with Gasteiger partial charge in [0, 0.05) is 30.6 Å². The molecule has 8 heteroatoms. The molecule has 0 saturated carbocycles. The van der Waals surface area contributed by atoms with Gasteiger partial charge in [-0.15, -0.1) is 5.11 Å². The van der Waals surface area contributed by atoms with Crippen molar-refractivity contribution in [1.29, 1.82) is 0 Å². The molecule has 0 aliphatic rings. The molecule has 0 fully saturated rings. The first kappa shape index (κ1) is 22.9. The Hall–Kier alpha value is -3.78. The van der Waals surface area contributed by atoms with Crippen LogP contribution in [-0.4, -0.2) is 41.7 Å². The molecule has 0 bridgehead atoms. The van der Waals surface area contributed by atoms with Gasteiger partial charge in [-0.25, -0.2) is 4.79 Å². The van der Waals surface area contributed by atoms with Crippen LogP contribution in [0.2, 0.25) is 0 Å². The number of hydrogen-bond donors (Lipinski definition) is 1. The van der Waals surface area contributed by atoms with E-state index >= 15 is 0 Å². The summed E-state index contributed by atoms with van der Waals surface area (Å²) < 4.78 is 12.4. The molecular weight excluding hydrogens is 410 g/mol. The minimum atomic E-state index is -0.660. The van der Waals surface area contributed by atoms with Crippen molar-refractivity contribution in [3.63, 3.8) is 0 Å². The Kier molecular flexibility index (Phi) is 7.51. The van der Waals surface area contributed by atoms with Crippen LogP contribution in [0.5, 0.6) is 5.75 Å². The number of rotatable bonds is 9. The maximum Gasteiger partial charge on any atom is 0.340 e. The van der Waals surface area contributed by atoms with Crippen LogP contribution >= 0.6 is 0 Å². The molecule has 2 aromatic carbocycles. The molecule has 1 N–H and O–H groups in total. The SMILES string of the molecule is COCCn1c(C)cc(C(=O)COC(=O)c2ccccc2N=Nc2ccc(O)cc2)c1C. The number of benzene rings is 2. The van der Waals surface area contributed by atoms with Crippen LogP contribution in [-0.2, 0) is 16.0 Å². The molecule has 166 valence electrons. The predicted molar refractivity (Wildman–Crippen MR) is 119 cm³/mol. The van der Waals surface area contributed by atoms with Gasteiger partial charge in [0.2, 0.25) is 5.78 Å². The van der Waals surface area contributed by atoms with E-state index in [0.717, 1.165) is 11.4 Å². The average molecular weight is 435 g/mol. The summed E-state index contributed by atoms with van der Waals surface area (Å²) in [6, 6.07) is 14.6. The number of aromatic nitrogens is 1. The molecule has 0 spiro atoms. The Morgan fingerprint density at radius 2 is 1.72 bits per heavy atom. The summed E-state index contributed by atoms with van der Waals surface area (Å²) in [5, 5.41) is 17.5. The van der Waals surface area contributed by atoms with Crippen molar-refractivity contribution in [2.75, 3.05) is 20.3 Å². The molecule has 0 atom stereocenters. The Labute approximate surface area is 186 Å². The van der Waals surface area contributed by atoms with E-state index in [4.69, 9.17) is 9.47 Å². The largest absolute Gasteiger partial charge is 0.508 e. The lowest BCUT2D eigenvalue weighted by Gasteiger charge is -2.09. The van der Waals surface area contributed by atoms with Crippen molar-refractivity contribution in [3.05, 3.63) is 77.1 Å². The van der Waals surface area contributed by atoms with Crippen LogP contribution in [0.4, 0.5) is 11.4 Å². The number of esters is 1. The number of ether oxygens (including phenoxy) is 2. The van der Waals surface area contributed by atoms with E-state index in [1.165, 1.54) is 12.1 Å². The fraction of sp³-hybridized carbons (Fsp3) is 0.250. The fourth-order valence-corrected chi connectivity index (χ4v) is 3.26. The van der Waals surface area contributed by atoms with Gasteiger partial charge in [0.15, 0.2) is 6.61 Å². The summed E-state index contributed by atoms with van der Waals surface area (Å²) in [6.45, 7) is 4.57. The molecule has 8 nitrogen and oxygen atoms in total. The smallest absolute Gasteiger partial charge is 0.340 e. The highest BCUT2D eigenvalue weighted by Crippen LogP contribution is 2.24. The second-order valence-electron chi connectivity index (χ2n) is 7.16. The van der Waals surface area contributed by atoms with E-state index in [1.54, 1.807) is 49.6 Å². The van der Waals surface area contributed by atoms with E-state index in [1.807, 2.05) is 18.4 Å². The molecule has 1 aromatic heterocycles. The van der Waals surface area contributed by atoms with E-state index < -0.39 is 5.97 Å². The van der Waals surface area contributed by atoms with Crippen LogP contribution < -0.4 is 0 Å². The highest BCUT2D eigenvalue weighted by atomic mass is 16.5. The third-order valence-corrected chi connectivity index (χ3v) is 4.97. The number of phenols is 1. The molecule has 0 amide bonds. The van der Waals surface area contributed by atoms with Crippen molar-refractivity contribution in [2.24, 2.45) is 10.2 Å². The average Bonchev–Trinajstić information content (AvgIpc) is 3.09. The lowest BCUT2D eigenvalue weighted by atomic mass is 10.1. The van der Waals surface area contributed by atoms with Crippen molar-refractivity contribution in [2.45, 2.75) is 20.4 Å². The highest BCUT2D eigenvalue weighted by molar-refractivity contribution is 6.01. The van der Waals surface area contributed by atoms with Crippen LogP contribution in [0.25, 0.3) is 0 Å². The van der Waals surface area contributed by atoms with Crippen LogP contribution in [0.3, 0.4) is 0 Å². The van der Waals surface area contributed by atoms with Gasteiger partial charge in [-0.05, 0) is 56.3 Å². The predicted octanol–water partition coefficient (Wildman–Crippen LogP) is 4.91. The highest BCUT2D eigenvalue weighted by Gasteiger charge is 2.19. The molecule has 0 unspecified atom stereocenters. The van der Waals surface area contributed by atoms with Gasteiger partial charge in [-0.2, -0.15) is 5.11 Å². The standard InChI is InChI=1S/C24H25N3O5/c1-16-14-21(17(2)27(16)12-13-31-3)23(29)15-32-24(30)20-6-4-5-7-22(20)26-25-18-8-10-19(28)11-9-18/h4-11,14,28H,12-13,15H2,1-3H3. The number of carbonyl (C=O) groups excluding carboxylic acids is 2. The number of hydrogen-bond acceptors (Lipinski definition) is 7. The van der Waals surface area contributed by atoms with Gasteiger partial charge in [0.25, 0.3) is 0 Å². The number of methoxy groups -OCH3 is 1. The first-order valence-corrected chi connectivity index (χ1v) is 10.1. The summed E-state index contributed by atoms with van der Waals surface area (Å²) in [4.78, 5) is 25.3. The van der Waals surface area contributed by atoms with Crippen molar-refractivity contribution < 1.29 is 24.2 Å². The van der Waals surface area contributed by atoms with Gasteiger partial charge in [0.1, 0.15) is 11.4 Å². The lowest BCUT2D eigenvalue weighted by Crippen LogP contribution is -2.15. The number of carbonyl (C=O) groups is 2. The zero-order valence-corrected chi connectivity index (χ0v) is 18.2. The number of aromatic hydroxyl groups is 1. The number of ketones is 1. The first-order valence-electron chi connectivity index (χ1n) is 10.1. The monoisotopic (exact) mass is 435 g/mol. The lowest BCUT2D eigenvalue weighted by molar-refractivity contribution is 0.0475. The van der Waals surface area contributed by atoms with Crippen molar-refractivity contribution in [3.8, 4) is 5.75 Å². The van der Waals surface area contributed by atoms with Crippen molar-refractivity contribution in [1.82, 2.24) is 4.57 Å². The Bertz CT molecular complexity index is 1130. The zero-order chi connectivity index (χ0) is 23.1. The quantitative estimate of drug-likeness (QED) is 0.292. The molecule has 0 radical (unpaired) electrons. The second-order valence-corrected chi connectivity index (χ2v) is 7.16. The van der Waals surface area contributed by atoms with Crippen LogP contribution in [0.1, 0.15) is 32.1 Å². The van der Waals surface area contributed by atoms with E-state index in [2.05, 4.69) is 10.2 Å². The first-order chi connectivity index (χ1) is 15.4. The number of azo groups is 1. The van der Waals surface area contributed by atoms with E-state index in [0.29, 0.717) is 30.1 Å². The third-order valence-electron chi connectivity index (χ3n) is 4.97. The second kappa shape index (κ2) is 10.5.